The standard InChI is InChI=1S/C46H27N5O2/c1-3-13-28(14-4-1)43-48-44(29-25-26-32-31-17-7-10-24-39(31)52-40(32)27-29)50-45(49-43)35-20-11-18-33-34-19-12-21-36(42(34)53-41(33)35)46-47-37-22-8-9-23-38(37)51(46)30-15-5-2-6-16-30/h1-27H. The van der Waals surface area contributed by atoms with Gasteiger partial charge in [0.05, 0.1) is 22.2 Å². The second-order valence-corrected chi connectivity index (χ2v) is 13.0. The summed E-state index contributed by atoms with van der Waals surface area (Å²) in [6.45, 7) is 0. The summed E-state index contributed by atoms with van der Waals surface area (Å²) in [6, 6.07) is 55.1. The average Bonchev–Trinajstić information content (AvgIpc) is 3.92. The van der Waals surface area contributed by atoms with Crippen molar-refractivity contribution < 1.29 is 8.83 Å². The number of para-hydroxylation sites is 6. The summed E-state index contributed by atoms with van der Waals surface area (Å²) in [4.78, 5) is 20.3. The van der Waals surface area contributed by atoms with Crippen molar-refractivity contribution >= 4 is 54.9 Å². The number of benzene rings is 7. The summed E-state index contributed by atoms with van der Waals surface area (Å²) < 4.78 is 15.4. The van der Waals surface area contributed by atoms with Crippen LogP contribution in [0, 0.1) is 0 Å². The first kappa shape index (κ1) is 29.4. The Morgan fingerprint density at radius 1 is 0.396 bits per heavy atom. The van der Waals surface area contributed by atoms with Crippen LogP contribution in [-0.4, -0.2) is 24.5 Å². The van der Waals surface area contributed by atoms with E-state index in [0.29, 0.717) is 23.1 Å². The van der Waals surface area contributed by atoms with E-state index >= 15 is 0 Å². The van der Waals surface area contributed by atoms with Crippen molar-refractivity contribution in [2.45, 2.75) is 0 Å². The zero-order chi connectivity index (χ0) is 34.9. The molecule has 4 heterocycles. The Hall–Kier alpha value is -7.38. The van der Waals surface area contributed by atoms with Crippen molar-refractivity contribution in [2.75, 3.05) is 0 Å². The zero-order valence-corrected chi connectivity index (χ0v) is 28.1. The van der Waals surface area contributed by atoms with Gasteiger partial charge in [-0.25, -0.2) is 19.9 Å². The molecule has 0 amide bonds. The Morgan fingerprint density at radius 3 is 1.85 bits per heavy atom. The van der Waals surface area contributed by atoms with Crippen LogP contribution < -0.4 is 0 Å². The van der Waals surface area contributed by atoms with Gasteiger partial charge in [-0.2, -0.15) is 0 Å². The van der Waals surface area contributed by atoms with E-state index in [0.717, 1.165) is 83.1 Å². The Balaban J connectivity index is 1.13. The SMILES string of the molecule is c1ccc(-c2nc(-c3ccc4c(c3)oc3ccccc34)nc(-c3cccc4c3oc3c(-c5nc6ccccc6n5-c5ccccc5)cccc34)n2)cc1. The van der Waals surface area contributed by atoms with Gasteiger partial charge in [0.15, 0.2) is 17.5 Å². The maximum Gasteiger partial charge on any atom is 0.167 e. The fourth-order valence-electron chi connectivity index (χ4n) is 7.42. The number of hydrogen-bond donors (Lipinski definition) is 0. The minimum atomic E-state index is 0.515. The van der Waals surface area contributed by atoms with Gasteiger partial charge >= 0.3 is 0 Å². The van der Waals surface area contributed by atoms with E-state index in [1.54, 1.807) is 0 Å². The van der Waals surface area contributed by atoms with Crippen molar-refractivity contribution in [3.05, 3.63) is 164 Å². The van der Waals surface area contributed by atoms with Gasteiger partial charge in [0.25, 0.3) is 0 Å². The van der Waals surface area contributed by atoms with E-state index < -0.39 is 0 Å². The molecule has 0 radical (unpaired) electrons. The quantitative estimate of drug-likeness (QED) is 0.180. The van der Waals surface area contributed by atoms with Crippen LogP contribution in [0.2, 0.25) is 0 Å². The second-order valence-electron chi connectivity index (χ2n) is 13.0. The number of furan rings is 2. The van der Waals surface area contributed by atoms with Crippen molar-refractivity contribution in [1.29, 1.82) is 0 Å². The molecule has 7 heteroatoms. The number of aromatic nitrogens is 5. The molecule has 11 aromatic rings. The van der Waals surface area contributed by atoms with Crippen LogP contribution in [-0.2, 0) is 0 Å². The van der Waals surface area contributed by atoms with Gasteiger partial charge in [0.1, 0.15) is 28.2 Å². The number of fused-ring (bicyclic) bond motifs is 7. The molecule has 0 saturated heterocycles. The summed E-state index contributed by atoms with van der Waals surface area (Å²) in [7, 11) is 0. The molecule has 0 unspecified atom stereocenters. The Kier molecular flexibility index (Phi) is 6.42. The molecule has 0 aliphatic heterocycles. The van der Waals surface area contributed by atoms with E-state index in [2.05, 4.69) is 59.2 Å². The van der Waals surface area contributed by atoms with Gasteiger partial charge in [-0.1, -0.05) is 109 Å². The minimum absolute atomic E-state index is 0.515. The van der Waals surface area contributed by atoms with E-state index in [1.807, 2.05) is 109 Å². The highest BCUT2D eigenvalue weighted by Crippen LogP contribution is 2.41. The van der Waals surface area contributed by atoms with Crippen molar-refractivity contribution in [1.82, 2.24) is 24.5 Å². The lowest BCUT2D eigenvalue weighted by molar-refractivity contribution is 0.668. The summed E-state index contributed by atoms with van der Waals surface area (Å²) in [6.07, 6.45) is 0. The fourth-order valence-corrected chi connectivity index (χ4v) is 7.42. The molecule has 248 valence electrons. The third-order valence-corrected chi connectivity index (χ3v) is 9.89. The van der Waals surface area contributed by atoms with Crippen LogP contribution in [0.1, 0.15) is 0 Å². The van der Waals surface area contributed by atoms with Gasteiger partial charge in [0.2, 0.25) is 0 Å². The molecule has 0 aliphatic carbocycles. The highest BCUT2D eigenvalue weighted by molar-refractivity contribution is 6.13. The molecular weight excluding hydrogens is 655 g/mol. The molecule has 0 spiro atoms. The smallest absolute Gasteiger partial charge is 0.167 e. The lowest BCUT2D eigenvalue weighted by Crippen LogP contribution is -2.00. The van der Waals surface area contributed by atoms with Crippen LogP contribution >= 0.6 is 0 Å². The molecule has 7 aromatic carbocycles. The normalized spacial score (nSPS) is 11.8. The molecule has 0 fully saturated rings. The predicted octanol–water partition coefficient (Wildman–Crippen LogP) is 11.7. The number of nitrogens with zero attached hydrogens (tertiary/aromatic N) is 5. The van der Waals surface area contributed by atoms with Crippen LogP contribution in [0.3, 0.4) is 0 Å². The molecule has 4 aromatic heterocycles. The van der Waals surface area contributed by atoms with Crippen molar-refractivity contribution in [3.63, 3.8) is 0 Å². The molecule has 7 nitrogen and oxygen atoms in total. The van der Waals surface area contributed by atoms with Gasteiger partial charge in [-0.15, -0.1) is 0 Å². The number of hydrogen-bond acceptors (Lipinski definition) is 6. The van der Waals surface area contributed by atoms with E-state index in [1.165, 1.54) is 0 Å². The first-order valence-corrected chi connectivity index (χ1v) is 17.5. The van der Waals surface area contributed by atoms with Crippen LogP contribution in [0.4, 0.5) is 0 Å². The minimum Gasteiger partial charge on any atom is -0.456 e. The van der Waals surface area contributed by atoms with Gasteiger partial charge in [-0.3, -0.25) is 4.57 Å². The molecule has 0 bridgehead atoms. The Morgan fingerprint density at radius 2 is 1.02 bits per heavy atom. The molecule has 0 N–H and O–H groups in total. The van der Waals surface area contributed by atoms with Gasteiger partial charge < -0.3 is 8.83 Å². The Labute approximate surface area is 302 Å². The lowest BCUT2D eigenvalue weighted by Gasteiger charge is -2.10. The molecule has 0 aliphatic rings. The highest BCUT2D eigenvalue weighted by atomic mass is 16.3. The Bertz CT molecular complexity index is 3180. The first-order chi connectivity index (χ1) is 26.3. The lowest BCUT2D eigenvalue weighted by atomic mass is 10.1. The number of imidazole rings is 1. The van der Waals surface area contributed by atoms with Crippen molar-refractivity contribution in [3.8, 4) is 51.2 Å². The summed E-state index contributed by atoms with van der Waals surface area (Å²) >= 11 is 0. The second kappa shape index (κ2) is 11.6. The average molecular weight is 682 g/mol. The van der Waals surface area contributed by atoms with E-state index in [4.69, 9.17) is 28.8 Å². The number of rotatable bonds is 5. The largest absolute Gasteiger partial charge is 0.456 e. The van der Waals surface area contributed by atoms with E-state index in [9.17, 15) is 0 Å². The maximum absolute atomic E-state index is 6.92. The summed E-state index contributed by atoms with van der Waals surface area (Å²) in [5.74, 6) is 2.43. The van der Waals surface area contributed by atoms with Gasteiger partial charge in [-0.05, 0) is 54.6 Å². The summed E-state index contributed by atoms with van der Waals surface area (Å²) in [5.41, 5.74) is 9.40. The molecule has 11 rings (SSSR count). The fraction of sp³-hybridized carbons (Fsp3) is 0. The van der Waals surface area contributed by atoms with E-state index in [-0.39, 0.29) is 0 Å². The summed E-state index contributed by atoms with van der Waals surface area (Å²) in [5, 5.41) is 4.07. The predicted molar refractivity (Wildman–Crippen MR) is 211 cm³/mol. The highest BCUT2D eigenvalue weighted by Gasteiger charge is 2.22. The maximum atomic E-state index is 6.92. The van der Waals surface area contributed by atoms with Crippen LogP contribution in [0.15, 0.2) is 173 Å². The van der Waals surface area contributed by atoms with Crippen molar-refractivity contribution in [2.24, 2.45) is 0 Å². The molecule has 0 atom stereocenters. The van der Waals surface area contributed by atoms with Crippen LogP contribution in [0.25, 0.3) is 106 Å². The molecule has 53 heavy (non-hydrogen) atoms. The third kappa shape index (κ3) is 4.68. The topological polar surface area (TPSA) is 82.8 Å². The monoisotopic (exact) mass is 681 g/mol. The first-order valence-electron chi connectivity index (χ1n) is 17.5. The van der Waals surface area contributed by atoms with Crippen LogP contribution in [0.5, 0.6) is 0 Å². The zero-order valence-electron chi connectivity index (χ0n) is 28.1. The molecular formula is C46H27N5O2. The molecule has 0 saturated carbocycles. The third-order valence-electron chi connectivity index (χ3n) is 9.89. The van der Waals surface area contributed by atoms with Gasteiger partial charge in [0, 0.05) is 38.4 Å².